The Bertz CT molecular complexity index is 1980. The summed E-state index contributed by atoms with van der Waals surface area (Å²) in [6.07, 6.45) is -3.44. The van der Waals surface area contributed by atoms with Crippen LogP contribution in [0.15, 0.2) is 59.5 Å². The predicted octanol–water partition coefficient (Wildman–Crippen LogP) is 7.53. The molecule has 228 valence electrons. The molecular weight excluding hydrogens is 593 g/mol. The average molecular weight is 623 g/mol. The third kappa shape index (κ3) is 5.35. The number of ether oxygens (including phenoxy) is 2. The van der Waals surface area contributed by atoms with E-state index >= 15 is 0 Å². The van der Waals surface area contributed by atoms with Crippen LogP contribution in [-0.2, 0) is 28.7 Å². The van der Waals surface area contributed by atoms with Crippen molar-refractivity contribution in [2.24, 2.45) is 0 Å². The van der Waals surface area contributed by atoms with Gasteiger partial charge in [-0.15, -0.1) is 0 Å². The van der Waals surface area contributed by atoms with Crippen molar-refractivity contribution >= 4 is 38.4 Å². The molecule has 1 N–H and O–H groups in total. The summed E-state index contributed by atoms with van der Waals surface area (Å²) in [4.78, 5) is 30.7. The maximum absolute atomic E-state index is 13.6. The Morgan fingerprint density at radius 2 is 1.86 bits per heavy atom. The van der Waals surface area contributed by atoms with Gasteiger partial charge >= 0.3 is 17.0 Å². The first-order valence-electron chi connectivity index (χ1n) is 14.0. The zero-order chi connectivity index (χ0) is 31.6. The topological polar surface area (TPSA) is 90.7 Å². The van der Waals surface area contributed by atoms with E-state index in [1.54, 1.807) is 40.0 Å². The number of fused-ring (bicyclic) bond motifs is 1. The fourth-order valence-electron chi connectivity index (χ4n) is 5.77. The summed E-state index contributed by atoms with van der Waals surface area (Å²) in [7, 11) is 0. The second kappa shape index (κ2) is 10.7. The number of alkyl halides is 3. The van der Waals surface area contributed by atoms with Crippen molar-refractivity contribution in [3.05, 3.63) is 92.2 Å². The Morgan fingerprint density at radius 3 is 2.52 bits per heavy atom. The number of carboxylic acids is 1. The first-order valence-corrected chi connectivity index (χ1v) is 14.8. The molecule has 0 saturated carbocycles. The summed E-state index contributed by atoms with van der Waals surface area (Å²) in [5.74, 6) is -0.503. The van der Waals surface area contributed by atoms with E-state index in [4.69, 9.17) is 14.5 Å². The van der Waals surface area contributed by atoms with Gasteiger partial charge in [-0.3, -0.25) is 14.3 Å². The van der Waals surface area contributed by atoms with Crippen LogP contribution in [0.1, 0.15) is 54.7 Å². The minimum Gasteiger partial charge on any atom is -0.493 e. The molecule has 1 atom stereocenters. The molecule has 0 amide bonds. The molecular formula is C33H29F3N2O5S. The molecule has 3 aromatic carbocycles. The smallest absolute Gasteiger partial charge is 0.416 e. The molecule has 11 heteroatoms. The van der Waals surface area contributed by atoms with Crippen LogP contribution in [0, 0.1) is 6.92 Å². The van der Waals surface area contributed by atoms with Crippen molar-refractivity contribution in [2.45, 2.75) is 58.5 Å². The maximum atomic E-state index is 13.6. The van der Waals surface area contributed by atoms with Gasteiger partial charge < -0.3 is 14.6 Å². The van der Waals surface area contributed by atoms with Gasteiger partial charge in [0.1, 0.15) is 5.75 Å². The molecule has 0 aliphatic carbocycles. The minimum atomic E-state index is -4.47. The molecule has 0 spiro atoms. The third-order valence-electron chi connectivity index (χ3n) is 7.63. The first-order chi connectivity index (χ1) is 20.7. The van der Waals surface area contributed by atoms with Crippen molar-refractivity contribution in [3.8, 4) is 16.9 Å². The van der Waals surface area contributed by atoms with E-state index in [0.717, 1.165) is 34.4 Å². The monoisotopic (exact) mass is 622 g/mol. The molecule has 0 fully saturated rings. The molecule has 0 radical (unpaired) electrons. The average Bonchev–Trinajstić information content (AvgIpc) is 3.25. The van der Waals surface area contributed by atoms with E-state index in [9.17, 15) is 27.9 Å². The lowest BCUT2D eigenvalue weighted by Gasteiger charge is -2.28. The quantitative estimate of drug-likeness (QED) is 0.211. The number of pyridine rings is 1. The largest absolute Gasteiger partial charge is 0.493 e. The van der Waals surface area contributed by atoms with E-state index in [2.05, 4.69) is 0 Å². The Morgan fingerprint density at radius 1 is 1.14 bits per heavy atom. The van der Waals surface area contributed by atoms with Gasteiger partial charge in [-0.05, 0) is 80.8 Å². The van der Waals surface area contributed by atoms with Crippen molar-refractivity contribution < 1.29 is 32.5 Å². The van der Waals surface area contributed by atoms with Gasteiger partial charge in [-0.25, -0.2) is 4.79 Å². The maximum Gasteiger partial charge on any atom is 0.416 e. The fraction of sp³-hybridized carbons (Fsp3) is 0.303. The fourth-order valence-corrected chi connectivity index (χ4v) is 6.81. The molecule has 1 aliphatic rings. The molecule has 0 bridgehead atoms. The summed E-state index contributed by atoms with van der Waals surface area (Å²) >= 11 is 0.953. The molecule has 0 saturated heterocycles. The van der Waals surface area contributed by atoms with E-state index in [-0.39, 0.29) is 11.4 Å². The summed E-state index contributed by atoms with van der Waals surface area (Å²) in [5.41, 5.74) is 3.27. The molecule has 44 heavy (non-hydrogen) atoms. The van der Waals surface area contributed by atoms with Gasteiger partial charge in [0, 0.05) is 34.7 Å². The highest BCUT2D eigenvalue weighted by molar-refractivity contribution is 7.17. The number of thiazole rings is 1. The highest BCUT2D eigenvalue weighted by Gasteiger charge is 2.34. The standard InChI is InChI=1S/C33H29F3N2O5S/c1-17-15-22-29(44-31(41)38(22)16-18-5-7-20(8-6-18)33(34,35)36)26(24(17)28(30(39)40)43-32(2,3)4)21-9-10-23-25-19(12-14-42-23)11-13-37-27(21)25/h5-11,13,15,28H,12,14,16H2,1-4H3,(H,39,40)/t28-/m0/s1. The molecule has 2 aromatic heterocycles. The van der Waals surface area contributed by atoms with Crippen LogP contribution in [0.4, 0.5) is 13.2 Å². The summed E-state index contributed by atoms with van der Waals surface area (Å²) in [6, 6.07) is 12.1. The number of carboxylic acid groups (broad SMARTS) is 1. The van der Waals surface area contributed by atoms with Gasteiger partial charge in [0.2, 0.25) is 0 Å². The molecule has 6 rings (SSSR count). The molecule has 7 nitrogen and oxygen atoms in total. The SMILES string of the molecule is Cc1cc2c(sc(=O)n2Cc2ccc(C(F)(F)F)cc2)c(-c2ccc3c4c(ccnc24)CCO3)c1[C@H](OC(C)(C)C)C(=O)O. The van der Waals surface area contributed by atoms with E-state index in [0.29, 0.717) is 62.3 Å². The van der Waals surface area contributed by atoms with Crippen LogP contribution >= 0.6 is 11.3 Å². The van der Waals surface area contributed by atoms with Crippen molar-refractivity contribution in [2.75, 3.05) is 6.61 Å². The number of aliphatic carboxylic acids is 1. The first kappa shape index (κ1) is 29.8. The number of carbonyl (C=O) groups is 1. The Balaban J connectivity index is 1.63. The van der Waals surface area contributed by atoms with Crippen molar-refractivity contribution in [1.82, 2.24) is 9.55 Å². The summed E-state index contributed by atoms with van der Waals surface area (Å²) in [6.45, 7) is 7.66. The van der Waals surface area contributed by atoms with Crippen LogP contribution in [0.3, 0.4) is 0 Å². The number of aromatic nitrogens is 2. The normalized spacial score (nSPS) is 14.2. The lowest BCUT2D eigenvalue weighted by atomic mass is 9.89. The summed E-state index contributed by atoms with van der Waals surface area (Å²) in [5, 5.41) is 11.3. The van der Waals surface area contributed by atoms with Crippen molar-refractivity contribution in [1.29, 1.82) is 0 Å². The van der Waals surface area contributed by atoms with Gasteiger partial charge in [-0.1, -0.05) is 23.5 Å². The number of halogens is 3. The van der Waals surface area contributed by atoms with E-state index < -0.39 is 29.4 Å². The van der Waals surface area contributed by atoms with Crippen LogP contribution in [-0.4, -0.2) is 32.8 Å². The lowest BCUT2D eigenvalue weighted by Crippen LogP contribution is -2.28. The number of rotatable bonds is 6. The number of benzene rings is 3. The Labute approximate surface area is 254 Å². The van der Waals surface area contributed by atoms with E-state index in [1.165, 1.54) is 16.7 Å². The minimum absolute atomic E-state index is 0.0337. The molecule has 1 aliphatic heterocycles. The van der Waals surface area contributed by atoms with Gasteiger partial charge in [-0.2, -0.15) is 13.2 Å². The number of aryl methyl sites for hydroxylation is 1. The molecule has 5 aromatic rings. The zero-order valence-electron chi connectivity index (χ0n) is 24.4. The lowest BCUT2D eigenvalue weighted by molar-refractivity contribution is -0.160. The van der Waals surface area contributed by atoms with E-state index in [1.807, 2.05) is 18.2 Å². The van der Waals surface area contributed by atoms with Gasteiger partial charge in [0.15, 0.2) is 6.10 Å². The Kier molecular flexibility index (Phi) is 7.28. The predicted molar refractivity (Wildman–Crippen MR) is 163 cm³/mol. The second-order valence-electron chi connectivity index (χ2n) is 11.8. The third-order valence-corrected chi connectivity index (χ3v) is 8.64. The Hall–Kier alpha value is -4.22. The highest BCUT2D eigenvalue weighted by atomic mass is 32.1. The number of hydrogen-bond acceptors (Lipinski definition) is 6. The number of hydrogen-bond donors (Lipinski definition) is 1. The second-order valence-corrected chi connectivity index (χ2v) is 12.8. The molecule has 0 unspecified atom stereocenters. The van der Waals surface area contributed by atoms with Crippen LogP contribution < -0.4 is 9.61 Å². The highest BCUT2D eigenvalue weighted by Crippen LogP contribution is 2.46. The summed E-state index contributed by atoms with van der Waals surface area (Å²) < 4.78 is 53.5. The zero-order valence-corrected chi connectivity index (χ0v) is 25.2. The van der Waals surface area contributed by atoms with Crippen LogP contribution in [0.5, 0.6) is 5.75 Å². The number of nitrogens with zero attached hydrogens (tertiary/aromatic N) is 2. The molecule has 3 heterocycles. The van der Waals surface area contributed by atoms with Crippen LogP contribution in [0.2, 0.25) is 0 Å². The van der Waals surface area contributed by atoms with Gasteiger partial charge in [0.25, 0.3) is 0 Å². The van der Waals surface area contributed by atoms with Crippen molar-refractivity contribution in [3.63, 3.8) is 0 Å². The van der Waals surface area contributed by atoms with Gasteiger partial charge in [0.05, 0.1) is 40.0 Å². The van der Waals surface area contributed by atoms with Crippen LogP contribution in [0.25, 0.3) is 32.2 Å².